The molecule has 0 unspecified atom stereocenters. The molecule has 0 radical (unpaired) electrons. The Balaban J connectivity index is 1.84. The van der Waals surface area contributed by atoms with Gasteiger partial charge in [-0.15, -0.1) is 0 Å². The van der Waals surface area contributed by atoms with E-state index in [2.05, 4.69) is 24.1 Å². The summed E-state index contributed by atoms with van der Waals surface area (Å²) >= 11 is 0. The normalized spacial score (nSPS) is 43.0. The summed E-state index contributed by atoms with van der Waals surface area (Å²) < 4.78 is 12.0. The molecule has 23 heavy (non-hydrogen) atoms. The van der Waals surface area contributed by atoms with Crippen molar-refractivity contribution in [3.05, 3.63) is 35.4 Å². The van der Waals surface area contributed by atoms with Gasteiger partial charge in [-0.1, -0.05) is 18.2 Å². The first-order valence-corrected chi connectivity index (χ1v) is 8.48. The molecule has 5 atom stereocenters. The Morgan fingerprint density at radius 2 is 2.22 bits per heavy atom. The predicted molar refractivity (Wildman–Crippen MR) is 87.1 cm³/mol. The van der Waals surface area contributed by atoms with Crippen LogP contribution < -0.4 is 9.47 Å². The van der Waals surface area contributed by atoms with Crippen molar-refractivity contribution in [3.8, 4) is 11.5 Å². The Bertz CT molecular complexity index is 726. The fourth-order valence-corrected chi connectivity index (χ4v) is 5.66. The Kier molecular flexibility index (Phi) is 2.48. The number of hydrogen-bond donors (Lipinski definition) is 1. The largest absolute Gasteiger partial charge is 0.493 e. The first kappa shape index (κ1) is 13.9. The molecule has 5 rings (SSSR count). The Morgan fingerprint density at radius 3 is 3.00 bits per heavy atom. The second-order valence-electron chi connectivity index (χ2n) is 7.78. The van der Waals surface area contributed by atoms with Crippen LogP contribution in [0.1, 0.15) is 24.5 Å². The number of benzene rings is 1. The number of nitrogens with zero attached hydrogens (tertiary/aromatic N) is 1. The highest BCUT2D eigenvalue weighted by Crippen LogP contribution is 2.63. The second kappa shape index (κ2) is 4.11. The zero-order valence-corrected chi connectivity index (χ0v) is 13.9. The van der Waals surface area contributed by atoms with Gasteiger partial charge in [0.25, 0.3) is 0 Å². The van der Waals surface area contributed by atoms with E-state index in [-0.39, 0.29) is 11.5 Å². The highest BCUT2D eigenvalue weighted by molar-refractivity contribution is 5.62. The number of methoxy groups -OCH3 is 1. The lowest BCUT2D eigenvalue weighted by Gasteiger charge is -2.58. The maximum Gasteiger partial charge on any atom is 0.165 e. The average molecular weight is 313 g/mol. The SMILES string of the molecule is COc1ccc2c3c1O[C@@H]1[C@]34CCN(C)[C@H](C2)[C@@H]4C=C[C@@]1(C)O. The Hall–Kier alpha value is -1.52. The van der Waals surface area contributed by atoms with Gasteiger partial charge in [-0.3, -0.25) is 0 Å². The first-order valence-electron chi connectivity index (χ1n) is 8.48. The van der Waals surface area contributed by atoms with E-state index in [1.165, 1.54) is 11.1 Å². The monoisotopic (exact) mass is 313 g/mol. The van der Waals surface area contributed by atoms with Crippen molar-refractivity contribution < 1.29 is 14.6 Å². The van der Waals surface area contributed by atoms with Crippen LogP contribution >= 0.6 is 0 Å². The molecule has 122 valence electrons. The maximum absolute atomic E-state index is 11.0. The summed E-state index contributed by atoms with van der Waals surface area (Å²) in [6, 6.07) is 4.69. The molecular formula is C19H23NO3. The van der Waals surface area contributed by atoms with Gasteiger partial charge in [0.05, 0.1) is 7.11 Å². The van der Waals surface area contributed by atoms with E-state index in [4.69, 9.17) is 9.47 Å². The molecule has 1 saturated heterocycles. The quantitative estimate of drug-likeness (QED) is 0.804. The van der Waals surface area contributed by atoms with Gasteiger partial charge in [0.1, 0.15) is 11.7 Å². The van der Waals surface area contributed by atoms with Crippen molar-refractivity contribution >= 4 is 0 Å². The Morgan fingerprint density at radius 1 is 1.39 bits per heavy atom. The van der Waals surface area contributed by atoms with Crippen LogP contribution in [-0.4, -0.2) is 48.5 Å². The maximum atomic E-state index is 11.0. The van der Waals surface area contributed by atoms with Crippen LogP contribution in [0.15, 0.2) is 24.3 Å². The molecule has 4 nitrogen and oxygen atoms in total. The number of ether oxygens (including phenoxy) is 2. The van der Waals surface area contributed by atoms with Gasteiger partial charge in [0.15, 0.2) is 11.5 Å². The topological polar surface area (TPSA) is 41.9 Å². The third-order valence-corrected chi connectivity index (χ3v) is 6.65. The van der Waals surface area contributed by atoms with Gasteiger partial charge >= 0.3 is 0 Å². The predicted octanol–water partition coefficient (Wildman–Crippen LogP) is 1.89. The Labute approximate surface area is 136 Å². The molecule has 4 heteroatoms. The van der Waals surface area contributed by atoms with E-state index in [9.17, 15) is 5.11 Å². The third-order valence-electron chi connectivity index (χ3n) is 6.65. The highest BCUT2D eigenvalue weighted by atomic mass is 16.5. The molecule has 0 saturated carbocycles. The number of rotatable bonds is 1. The molecule has 1 fully saturated rings. The van der Waals surface area contributed by atoms with Gasteiger partial charge in [0, 0.05) is 22.9 Å². The van der Waals surface area contributed by atoms with Crippen molar-refractivity contribution in [2.75, 3.05) is 20.7 Å². The van der Waals surface area contributed by atoms with Gasteiger partial charge in [-0.25, -0.2) is 0 Å². The lowest BCUT2D eigenvalue weighted by Crippen LogP contribution is -2.67. The summed E-state index contributed by atoms with van der Waals surface area (Å²) in [4.78, 5) is 2.47. The van der Waals surface area contributed by atoms with Crippen molar-refractivity contribution in [2.45, 2.75) is 42.9 Å². The van der Waals surface area contributed by atoms with Crippen LogP contribution in [0.3, 0.4) is 0 Å². The summed E-state index contributed by atoms with van der Waals surface area (Å²) in [6.45, 7) is 2.92. The zero-order valence-electron chi connectivity index (χ0n) is 13.9. The van der Waals surface area contributed by atoms with E-state index in [1.54, 1.807) is 7.11 Å². The average Bonchev–Trinajstić information content (AvgIpc) is 2.88. The third kappa shape index (κ3) is 1.45. The molecule has 0 amide bonds. The van der Waals surface area contributed by atoms with Crippen molar-refractivity contribution in [1.29, 1.82) is 0 Å². The molecule has 0 aromatic heterocycles. The van der Waals surface area contributed by atoms with Gasteiger partial charge < -0.3 is 19.5 Å². The number of aliphatic hydroxyl groups is 1. The fourth-order valence-electron chi connectivity index (χ4n) is 5.66. The van der Waals surface area contributed by atoms with Crippen molar-refractivity contribution in [1.82, 2.24) is 4.90 Å². The minimum Gasteiger partial charge on any atom is -0.493 e. The smallest absolute Gasteiger partial charge is 0.165 e. The molecule has 1 aromatic carbocycles. The van der Waals surface area contributed by atoms with E-state index in [1.807, 2.05) is 19.1 Å². The number of likely N-dealkylation sites (tertiary alicyclic amines) is 1. The summed E-state index contributed by atoms with van der Waals surface area (Å²) in [5.41, 5.74) is 1.60. The van der Waals surface area contributed by atoms with Crippen LogP contribution in [0.2, 0.25) is 0 Å². The van der Waals surface area contributed by atoms with Gasteiger partial charge in [-0.2, -0.15) is 0 Å². The van der Waals surface area contributed by atoms with E-state index in [0.717, 1.165) is 30.9 Å². The molecule has 2 aliphatic heterocycles. The molecule has 4 aliphatic rings. The number of likely N-dealkylation sites (N-methyl/N-ethyl adjacent to an activating group) is 1. The van der Waals surface area contributed by atoms with Crippen molar-refractivity contribution in [3.63, 3.8) is 0 Å². The summed E-state index contributed by atoms with van der Waals surface area (Å²) in [7, 11) is 3.91. The number of hydrogen-bond acceptors (Lipinski definition) is 4. The van der Waals surface area contributed by atoms with E-state index < -0.39 is 5.60 Å². The standard InChI is InChI=1S/C19H23NO3/c1-18(21)7-6-12-13-10-11-4-5-14(22-3)16-15(11)19(12,17(18)23-16)8-9-20(13)2/h4-7,12-13,17,21H,8-10H2,1-3H3/t12-,13+,17-,18+,19-/m0/s1. The molecule has 2 aliphatic carbocycles. The van der Waals surface area contributed by atoms with E-state index in [0.29, 0.717) is 12.0 Å². The molecule has 1 N–H and O–H groups in total. The highest BCUT2D eigenvalue weighted by Gasteiger charge is 2.66. The van der Waals surface area contributed by atoms with Crippen LogP contribution in [0.5, 0.6) is 11.5 Å². The fraction of sp³-hybridized carbons (Fsp3) is 0.579. The number of piperidine rings is 1. The van der Waals surface area contributed by atoms with Crippen LogP contribution in [-0.2, 0) is 11.8 Å². The summed E-state index contributed by atoms with van der Waals surface area (Å²) in [6.07, 6.45) is 6.03. The molecule has 2 bridgehead atoms. The first-order chi connectivity index (χ1) is 11.0. The minimum absolute atomic E-state index is 0.118. The summed E-state index contributed by atoms with van der Waals surface area (Å²) in [5, 5.41) is 11.0. The molecule has 1 spiro atoms. The second-order valence-corrected chi connectivity index (χ2v) is 7.78. The van der Waals surface area contributed by atoms with Crippen LogP contribution in [0, 0.1) is 5.92 Å². The summed E-state index contributed by atoms with van der Waals surface area (Å²) in [5.74, 6) is 2.05. The zero-order chi connectivity index (χ0) is 16.0. The molecular weight excluding hydrogens is 290 g/mol. The minimum atomic E-state index is -0.949. The van der Waals surface area contributed by atoms with E-state index >= 15 is 0 Å². The van der Waals surface area contributed by atoms with Gasteiger partial charge in [0.2, 0.25) is 0 Å². The lowest BCUT2D eigenvalue weighted by molar-refractivity contribution is -0.0891. The lowest BCUT2D eigenvalue weighted by atomic mass is 9.51. The van der Waals surface area contributed by atoms with Gasteiger partial charge in [-0.05, 0) is 45.0 Å². The van der Waals surface area contributed by atoms with Crippen molar-refractivity contribution in [2.24, 2.45) is 5.92 Å². The molecule has 2 heterocycles. The van der Waals surface area contributed by atoms with Crippen LogP contribution in [0.25, 0.3) is 0 Å². The van der Waals surface area contributed by atoms with Crippen LogP contribution in [0.4, 0.5) is 0 Å². The molecule has 1 aromatic rings.